The summed E-state index contributed by atoms with van der Waals surface area (Å²) in [6.45, 7) is 8.91. The van der Waals surface area contributed by atoms with Crippen molar-refractivity contribution in [3.8, 4) is 0 Å². The molecule has 0 radical (unpaired) electrons. The van der Waals surface area contributed by atoms with Gasteiger partial charge in [-0.2, -0.15) is 0 Å². The number of ether oxygens (including phenoxy) is 4. The Morgan fingerprint density at radius 2 is 1.16 bits per heavy atom. The maximum atomic E-state index is 8.59. The number of hydrogen-bond acceptors (Lipinski definition) is 5. The lowest BCUT2D eigenvalue weighted by Gasteiger charge is -2.13. The summed E-state index contributed by atoms with van der Waals surface area (Å²) in [6, 6.07) is 8.89. The first kappa shape index (κ1) is 29.1. The van der Waals surface area contributed by atoms with E-state index in [-0.39, 0.29) is 6.61 Å². The van der Waals surface area contributed by atoms with Crippen LogP contribution in [0.4, 0.5) is 0 Å². The molecular formula is C27H48O5. The molecule has 0 aliphatic carbocycles. The predicted molar refractivity (Wildman–Crippen MR) is 131 cm³/mol. The zero-order chi connectivity index (χ0) is 23.1. The quantitative estimate of drug-likeness (QED) is 0.210. The van der Waals surface area contributed by atoms with Crippen molar-refractivity contribution in [2.45, 2.75) is 84.2 Å². The summed E-state index contributed by atoms with van der Waals surface area (Å²) in [6.07, 6.45) is 12.3. The second kappa shape index (κ2) is 21.8. The SMILES string of the molecule is CCCCCCCCCCC(C)c1ccc(COCCOCCOCCOCCO)cc1. The average Bonchev–Trinajstić information content (AvgIpc) is 2.81. The van der Waals surface area contributed by atoms with Gasteiger partial charge in [0.2, 0.25) is 0 Å². The highest BCUT2D eigenvalue weighted by Crippen LogP contribution is 2.23. The van der Waals surface area contributed by atoms with Gasteiger partial charge in [-0.1, -0.05) is 89.5 Å². The van der Waals surface area contributed by atoms with Gasteiger partial charge < -0.3 is 24.1 Å². The van der Waals surface area contributed by atoms with E-state index in [0.29, 0.717) is 58.8 Å². The van der Waals surface area contributed by atoms with Gasteiger partial charge in [0.15, 0.2) is 0 Å². The lowest BCUT2D eigenvalue weighted by atomic mass is 9.94. The van der Waals surface area contributed by atoms with E-state index in [9.17, 15) is 0 Å². The smallest absolute Gasteiger partial charge is 0.0718 e. The van der Waals surface area contributed by atoms with Gasteiger partial charge in [0.1, 0.15) is 0 Å². The van der Waals surface area contributed by atoms with E-state index in [1.54, 1.807) is 0 Å². The van der Waals surface area contributed by atoms with Crippen molar-refractivity contribution in [3.05, 3.63) is 35.4 Å². The van der Waals surface area contributed by atoms with E-state index in [0.717, 1.165) is 0 Å². The van der Waals surface area contributed by atoms with Crippen molar-refractivity contribution in [2.24, 2.45) is 0 Å². The first-order valence-corrected chi connectivity index (χ1v) is 12.8. The minimum absolute atomic E-state index is 0.0474. The molecule has 0 amide bonds. The number of aliphatic hydroxyl groups is 1. The first-order chi connectivity index (χ1) is 15.8. The first-order valence-electron chi connectivity index (χ1n) is 12.8. The largest absolute Gasteiger partial charge is 0.394 e. The third-order valence-electron chi connectivity index (χ3n) is 5.66. The number of benzene rings is 1. The highest BCUT2D eigenvalue weighted by Gasteiger charge is 2.05. The Morgan fingerprint density at radius 3 is 1.72 bits per heavy atom. The molecule has 0 aliphatic heterocycles. The minimum atomic E-state index is 0.0474. The second-order valence-corrected chi connectivity index (χ2v) is 8.52. The number of unbranched alkanes of at least 4 members (excludes halogenated alkanes) is 7. The van der Waals surface area contributed by atoms with Crippen molar-refractivity contribution in [2.75, 3.05) is 52.9 Å². The fourth-order valence-corrected chi connectivity index (χ4v) is 3.61. The molecule has 0 spiro atoms. The van der Waals surface area contributed by atoms with Gasteiger partial charge in [-0.25, -0.2) is 0 Å². The van der Waals surface area contributed by atoms with Crippen molar-refractivity contribution < 1.29 is 24.1 Å². The van der Waals surface area contributed by atoms with Crippen LogP contribution < -0.4 is 0 Å². The molecule has 1 N–H and O–H groups in total. The molecule has 32 heavy (non-hydrogen) atoms. The Morgan fingerprint density at radius 1 is 0.656 bits per heavy atom. The van der Waals surface area contributed by atoms with Crippen molar-refractivity contribution >= 4 is 0 Å². The molecule has 0 fully saturated rings. The van der Waals surface area contributed by atoms with E-state index in [2.05, 4.69) is 38.1 Å². The molecule has 0 saturated heterocycles. The fraction of sp³-hybridized carbons (Fsp3) is 0.778. The van der Waals surface area contributed by atoms with Gasteiger partial charge in [-0.3, -0.25) is 0 Å². The standard InChI is InChI=1S/C27H48O5/c1-3-4-5-6-7-8-9-10-11-25(2)27-14-12-26(13-15-27)24-32-23-22-31-21-20-30-19-18-29-17-16-28/h12-15,25,28H,3-11,16-24H2,1-2H3. The van der Waals surface area contributed by atoms with Crippen LogP contribution >= 0.6 is 0 Å². The summed E-state index contributed by atoms with van der Waals surface area (Å²) < 4.78 is 21.7. The molecule has 0 aromatic heterocycles. The molecule has 0 saturated carbocycles. The van der Waals surface area contributed by atoms with Gasteiger partial charge in [-0.15, -0.1) is 0 Å². The Bertz CT molecular complexity index is 505. The zero-order valence-electron chi connectivity index (χ0n) is 20.7. The highest BCUT2D eigenvalue weighted by atomic mass is 16.6. The summed E-state index contributed by atoms with van der Waals surface area (Å²) in [5.41, 5.74) is 2.64. The third kappa shape index (κ3) is 16.6. The number of hydrogen-bond donors (Lipinski definition) is 1. The van der Waals surface area contributed by atoms with Gasteiger partial charge in [0, 0.05) is 0 Å². The molecule has 0 heterocycles. The van der Waals surface area contributed by atoms with Gasteiger partial charge in [0.25, 0.3) is 0 Å². The van der Waals surface area contributed by atoms with E-state index in [1.165, 1.54) is 68.9 Å². The number of rotatable bonds is 23. The van der Waals surface area contributed by atoms with Crippen LogP contribution in [0.15, 0.2) is 24.3 Å². The monoisotopic (exact) mass is 452 g/mol. The third-order valence-corrected chi connectivity index (χ3v) is 5.66. The molecule has 186 valence electrons. The molecule has 5 heteroatoms. The van der Waals surface area contributed by atoms with Gasteiger partial charge >= 0.3 is 0 Å². The van der Waals surface area contributed by atoms with Crippen LogP contribution in [-0.2, 0) is 25.6 Å². The van der Waals surface area contributed by atoms with Crippen molar-refractivity contribution in [1.82, 2.24) is 0 Å². The van der Waals surface area contributed by atoms with E-state index >= 15 is 0 Å². The maximum absolute atomic E-state index is 8.59. The topological polar surface area (TPSA) is 57.2 Å². The van der Waals surface area contributed by atoms with Crippen molar-refractivity contribution in [3.63, 3.8) is 0 Å². The Kier molecular flexibility index (Phi) is 19.8. The molecule has 1 rings (SSSR count). The fourth-order valence-electron chi connectivity index (χ4n) is 3.61. The van der Waals surface area contributed by atoms with E-state index < -0.39 is 0 Å². The Hall–Kier alpha value is -0.980. The molecule has 1 aromatic carbocycles. The van der Waals surface area contributed by atoms with Crippen LogP contribution in [0.25, 0.3) is 0 Å². The highest BCUT2D eigenvalue weighted by molar-refractivity contribution is 5.24. The lowest BCUT2D eigenvalue weighted by Crippen LogP contribution is -2.12. The lowest BCUT2D eigenvalue weighted by molar-refractivity contribution is -0.00743. The van der Waals surface area contributed by atoms with Crippen LogP contribution in [0, 0.1) is 0 Å². The molecule has 0 aliphatic rings. The van der Waals surface area contributed by atoms with Gasteiger partial charge in [0.05, 0.1) is 59.5 Å². The summed E-state index contributed by atoms with van der Waals surface area (Å²) in [4.78, 5) is 0. The molecule has 5 nitrogen and oxygen atoms in total. The average molecular weight is 453 g/mol. The van der Waals surface area contributed by atoms with E-state index in [4.69, 9.17) is 24.1 Å². The molecule has 1 atom stereocenters. The van der Waals surface area contributed by atoms with Crippen LogP contribution in [0.3, 0.4) is 0 Å². The number of aliphatic hydroxyl groups excluding tert-OH is 1. The summed E-state index contributed by atoms with van der Waals surface area (Å²) in [7, 11) is 0. The Balaban J connectivity index is 1.98. The second-order valence-electron chi connectivity index (χ2n) is 8.52. The summed E-state index contributed by atoms with van der Waals surface area (Å²) >= 11 is 0. The molecule has 1 aromatic rings. The minimum Gasteiger partial charge on any atom is -0.394 e. The normalized spacial score (nSPS) is 12.3. The van der Waals surface area contributed by atoms with Crippen molar-refractivity contribution in [1.29, 1.82) is 0 Å². The van der Waals surface area contributed by atoms with Crippen LogP contribution in [0.2, 0.25) is 0 Å². The van der Waals surface area contributed by atoms with Gasteiger partial charge in [-0.05, 0) is 23.5 Å². The predicted octanol–water partition coefficient (Wildman–Crippen LogP) is 5.88. The van der Waals surface area contributed by atoms with Crippen LogP contribution in [-0.4, -0.2) is 58.0 Å². The molecule has 1 unspecified atom stereocenters. The molecule has 0 bridgehead atoms. The van der Waals surface area contributed by atoms with Crippen LogP contribution in [0.5, 0.6) is 0 Å². The summed E-state index contributed by atoms with van der Waals surface area (Å²) in [5, 5.41) is 8.59. The summed E-state index contributed by atoms with van der Waals surface area (Å²) in [5.74, 6) is 0.627. The Labute approximate surface area is 196 Å². The molecular weight excluding hydrogens is 404 g/mol. The van der Waals surface area contributed by atoms with E-state index in [1.807, 2.05) is 0 Å². The zero-order valence-corrected chi connectivity index (χ0v) is 20.7. The maximum Gasteiger partial charge on any atom is 0.0718 e. The van der Waals surface area contributed by atoms with Crippen LogP contribution in [0.1, 0.15) is 88.7 Å².